The average Bonchev–Trinajstić information content (AvgIpc) is 3.09. The lowest BCUT2D eigenvalue weighted by atomic mass is 10.0. The molecule has 0 radical (unpaired) electrons. The minimum atomic E-state index is -0.426. The van der Waals surface area contributed by atoms with E-state index >= 15 is 0 Å². The number of rotatable bonds is 6. The van der Waals surface area contributed by atoms with Crippen LogP contribution in [0.25, 0.3) is 22.1 Å². The van der Waals surface area contributed by atoms with Gasteiger partial charge in [-0.2, -0.15) is 0 Å². The summed E-state index contributed by atoms with van der Waals surface area (Å²) in [6.07, 6.45) is 2.48. The maximum Gasteiger partial charge on any atom is 0.344 e. The predicted octanol–water partition coefficient (Wildman–Crippen LogP) is 3.73. The van der Waals surface area contributed by atoms with Gasteiger partial charge in [0.25, 0.3) is 11.8 Å². The van der Waals surface area contributed by atoms with Crippen molar-refractivity contribution in [3.8, 4) is 11.1 Å². The van der Waals surface area contributed by atoms with Crippen molar-refractivity contribution in [3.63, 3.8) is 0 Å². The molecule has 0 saturated heterocycles. The standard InChI is InChI=1S/C24H22N2O4/c1-3-25(4-2)15-16-5-6-18-14-20(24(29)30-21(18)13-16)17-7-9-19(10-8-17)26-22(27)11-12-23(26)28/h5-14H,3-4,15H2,1-2H3. The number of carbonyl (C=O) groups excluding carboxylic acids is 2. The number of hydrogen-bond donors (Lipinski definition) is 0. The molecule has 30 heavy (non-hydrogen) atoms. The maximum absolute atomic E-state index is 12.6. The molecule has 0 aliphatic carbocycles. The molecule has 0 N–H and O–H groups in total. The Bertz CT molecular complexity index is 1190. The first kappa shape index (κ1) is 19.8. The first-order valence-corrected chi connectivity index (χ1v) is 9.96. The molecular formula is C24H22N2O4. The van der Waals surface area contributed by atoms with Gasteiger partial charge in [-0.25, -0.2) is 9.69 Å². The molecule has 0 fully saturated rings. The number of fused-ring (bicyclic) bond motifs is 1. The third-order valence-corrected chi connectivity index (χ3v) is 5.35. The van der Waals surface area contributed by atoms with Gasteiger partial charge in [0.15, 0.2) is 0 Å². The fourth-order valence-corrected chi connectivity index (χ4v) is 3.61. The van der Waals surface area contributed by atoms with Crippen LogP contribution in [0.5, 0.6) is 0 Å². The first-order valence-electron chi connectivity index (χ1n) is 9.96. The highest BCUT2D eigenvalue weighted by atomic mass is 16.4. The Morgan fingerprint density at radius 2 is 1.53 bits per heavy atom. The zero-order chi connectivity index (χ0) is 21.3. The second-order valence-electron chi connectivity index (χ2n) is 7.17. The number of benzene rings is 2. The summed E-state index contributed by atoms with van der Waals surface area (Å²) in [5, 5.41) is 0.839. The third kappa shape index (κ3) is 3.69. The Labute approximate surface area is 174 Å². The molecule has 2 amide bonds. The van der Waals surface area contributed by atoms with Crippen molar-refractivity contribution in [2.24, 2.45) is 0 Å². The molecule has 152 valence electrons. The Balaban J connectivity index is 1.64. The van der Waals surface area contributed by atoms with Crippen molar-refractivity contribution in [3.05, 3.63) is 76.7 Å². The van der Waals surface area contributed by atoms with Crippen LogP contribution in [0.15, 0.2) is 69.9 Å². The summed E-state index contributed by atoms with van der Waals surface area (Å²) in [5.41, 5.74) is 2.79. The van der Waals surface area contributed by atoms with E-state index in [1.54, 1.807) is 24.3 Å². The van der Waals surface area contributed by atoms with Crippen molar-refractivity contribution in [2.75, 3.05) is 18.0 Å². The van der Waals surface area contributed by atoms with Crippen LogP contribution in [0.4, 0.5) is 5.69 Å². The van der Waals surface area contributed by atoms with Crippen LogP contribution >= 0.6 is 0 Å². The van der Waals surface area contributed by atoms with Crippen LogP contribution in [0.2, 0.25) is 0 Å². The van der Waals surface area contributed by atoms with E-state index in [1.807, 2.05) is 24.3 Å². The lowest BCUT2D eigenvalue weighted by Crippen LogP contribution is -2.29. The van der Waals surface area contributed by atoms with Gasteiger partial charge < -0.3 is 4.42 Å². The van der Waals surface area contributed by atoms with Gasteiger partial charge in [-0.15, -0.1) is 0 Å². The van der Waals surface area contributed by atoms with Gasteiger partial charge >= 0.3 is 5.63 Å². The fourth-order valence-electron chi connectivity index (χ4n) is 3.61. The van der Waals surface area contributed by atoms with Crippen molar-refractivity contribution in [2.45, 2.75) is 20.4 Å². The van der Waals surface area contributed by atoms with Gasteiger partial charge in [0, 0.05) is 24.1 Å². The molecule has 2 aromatic carbocycles. The highest BCUT2D eigenvalue weighted by Gasteiger charge is 2.25. The SMILES string of the molecule is CCN(CC)Cc1ccc2cc(-c3ccc(N4C(=O)C=CC4=O)cc3)c(=O)oc2c1. The topological polar surface area (TPSA) is 70.8 Å². The van der Waals surface area contributed by atoms with Gasteiger partial charge in [0.1, 0.15) is 5.58 Å². The molecule has 4 rings (SSSR count). The number of hydrogen-bond acceptors (Lipinski definition) is 5. The summed E-state index contributed by atoms with van der Waals surface area (Å²) >= 11 is 0. The molecule has 1 aliphatic heterocycles. The minimum Gasteiger partial charge on any atom is -0.422 e. The highest BCUT2D eigenvalue weighted by Crippen LogP contribution is 2.26. The van der Waals surface area contributed by atoms with E-state index in [1.165, 1.54) is 12.2 Å². The molecule has 3 aromatic rings. The molecule has 6 heteroatoms. The van der Waals surface area contributed by atoms with E-state index in [0.29, 0.717) is 22.4 Å². The minimum absolute atomic E-state index is 0.376. The summed E-state index contributed by atoms with van der Waals surface area (Å²) in [5.74, 6) is -0.753. The van der Waals surface area contributed by atoms with E-state index in [-0.39, 0.29) is 11.8 Å². The van der Waals surface area contributed by atoms with Crippen molar-refractivity contribution < 1.29 is 14.0 Å². The Kier molecular flexibility index (Phi) is 5.33. The lowest BCUT2D eigenvalue weighted by Gasteiger charge is -2.18. The lowest BCUT2D eigenvalue weighted by molar-refractivity contribution is -0.119. The zero-order valence-electron chi connectivity index (χ0n) is 16.9. The van der Waals surface area contributed by atoms with Gasteiger partial charge in [-0.1, -0.05) is 38.1 Å². The molecule has 1 aliphatic rings. The number of amides is 2. The second-order valence-corrected chi connectivity index (χ2v) is 7.17. The van der Waals surface area contributed by atoms with E-state index in [2.05, 4.69) is 18.7 Å². The van der Waals surface area contributed by atoms with Crippen LogP contribution in [-0.2, 0) is 16.1 Å². The smallest absolute Gasteiger partial charge is 0.344 e. The molecule has 0 atom stereocenters. The summed E-state index contributed by atoms with van der Waals surface area (Å²) in [7, 11) is 0. The van der Waals surface area contributed by atoms with Crippen LogP contribution in [0.1, 0.15) is 19.4 Å². The van der Waals surface area contributed by atoms with Crippen LogP contribution in [0.3, 0.4) is 0 Å². The van der Waals surface area contributed by atoms with Gasteiger partial charge in [-0.05, 0) is 48.5 Å². The van der Waals surface area contributed by atoms with Crippen LogP contribution in [0, 0.1) is 0 Å². The van der Waals surface area contributed by atoms with Gasteiger partial charge in [0.2, 0.25) is 0 Å². The second kappa shape index (κ2) is 8.08. The monoisotopic (exact) mass is 402 g/mol. The van der Waals surface area contributed by atoms with Crippen molar-refractivity contribution >= 4 is 28.5 Å². The Morgan fingerprint density at radius 3 is 2.17 bits per heavy atom. The van der Waals surface area contributed by atoms with E-state index in [0.717, 1.165) is 35.5 Å². The van der Waals surface area contributed by atoms with E-state index in [9.17, 15) is 14.4 Å². The summed E-state index contributed by atoms with van der Waals surface area (Å²) in [4.78, 5) is 39.6. The largest absolute Gasteiger partial charge is 0.422 e. The van der Waals surface area contributed by atoms with E-state index in [4.69, 9.17) is 4.42 Å². The summed E-state index contributed by atoms with van der Waals surface area (Å²) < 4.78 is 5.60. The molecule has 0 spiro atoms. The summed E-state index contributed by atoms with van der Waals surface area (Å²) in [6, 6.07) is 14.4. The molecule has 2 heterocycles. The molecule has 0 unspecified atom stereocenters. The Hall–Kier alpha value is -3.51. The molecule has 1 aromatic heterocycles. The number of nitrogens with zero attached hydrogens (tertiary/aromatic N) is 2. The maximum atomic E-state index is 12.6. The zero-order valence-corrected chi connectivity index (χ0v) is 16.9. The van der Waals surface area contributed by atoms with Crippen LogP contribution in [-0.4, -0.2) is 29.8 Å². The molecule has 0 saturated carbocycles. The third-order valence-electron chi connectivity index (χ3n) is 5.35. The van der Waals surface area contributed by atoms with E-state index < -0.39 is 5.63 Å². The fraction of sp³-hybridized carbons (Fsp3) is 0.208. The normalized spacial score (nSPS) is 13.8. The number of imide groups is 1. The number of carbonyl (C=O) groups is 2. The average molecular weight is 402 g/mol. The van der Waals surface area contributed by atoms with Crippen molar-refractivity contribution in [1.82, 2.24) is 4.90 Å². The number of anilines is 1. The van der Waals surface area contributed by atoms with Gasteiger partial charge in [0.05, 0.1) is 11.3 Å². The Morgan fingerprint density at radius 1 is 0.867 bits per heavy atom. The summed E-state index contributed by atoms with van der Waals surface area (Å²) in [6.45, 7) is 6.96. The first-order chi connectivity index (χ1) is 14.5. The molecule has 6 nitrogen and oxygen atoms in total. The van der Waals surface area contributed by atoms with Crippen LogP contribution < -0.4 is 10.5 Å². The molecular weight excluding hydrogens is 380 g/mol. The quantitative estimate of drug-likeness (QED) is 0.464. The van der Waals surface area contributed by atoms with Crippen molar-refractivity contribution in [1.29, 1.82) is 0 Å². The highest BCUT2D eigenvalue weighted by molar-refractivity contribution is 6.28. The van der Waals surface area contributed by atoms with Gasteiger partial charge in [-0.3, -0.25) is 14.5 Å². The predicted molar refractivity (Wildman–Crippen MR) is 116 cm³/mol. The molecule has 0 bridgehead atoms.